The van der Waals surface area contributed by atoms with Crippen molar-refractivity contribution >= 4 is 17.8 Å². The van der Waals surface area contributed by atoms with Crippen LogP contribution < -0.4 is 11.1 Å². The van der Waals surface area contributed by atoms with Gasteiger partial charge in [-0.25, -0.2) is 0 Å². The summed E-state index contributed by atoms with van der Waals surface area (Å²) in [4.78, 5) is 33.1. The van der Waals surface area contributed by atoms with Crippen LogP contribution in [-0.2, 0) is 23.9 Å². The van der Waals surface area contributed by atoms with E-state index < -0.39 is 5.41 Å². The zero-order valence-electron chi connectivity index (χ0n) is 17.1. The number of rotatable bonds is 9. The van der Waals surface area contributed by atoms with Gasteiger partial charge < -0.3 is 20.5 Å². The van der Waals surface area contributed by atoms with E-state index in [4.69, 9.17) is 9.47 Å². The molecule has 0 bridgehead atoms. The van der Waals surface area contributed by atoms with Gasteiger partial charge in [-0.1, -0.05) is 26.2 Å². The van der Waals surface area contributed by atoms with Crippen LogP contribution in [-0.4, -0.2) is 44.1 Å². The molecule has 0 aromatic heterocycles. The summed E-state index contributed by atoms with van der Waals surface area (Å²) in [6.07, 6.45) is 8.77. The fraction of sp³-hybridized carbons (Fsp3) is 0.850. The standard InChI is InChI=1S/C17H29NO4.C3H7NO/c1-13(22-11-14-6-4-3-5-7-14)10-15(19)18-12-17(8-9-17)16(20)21-2;1-2-3(4)5/h13-14H,3-12H2,1-2H3,(H,18,19);2H2,1H3,(H2,4,5). The van der Waals surface area contributed by atoms with Crippen LogP contribution in [0.4, 0.5) is 0 Å². The monoisotopic (exact) mass is 384 g/mol. The fourth-order valence-corrected chi connectivity index (χ4v) is 3.13. The van der Waals surface area contributed by atoms with E-state index in [-0.39, 0.29) is 23.9 Å². The highest BCUT2D eigenvalue weighted by Crippen LogP contribution is 2.46. The summed E-state index contributed by atoms with van der Waals surface area (Å²) in [6.45, 7) is 4.81. The quantitative estimate of drug-likeness (QED) is 0.593. The zero-order valence-corrected chi connectivity index (χ0v) is 17.1. The number of esters is 1. The number of ether oxygens (including phenoxy) is 2. The number of nitrogens with one attached hydrogen (secondary N) is 1. The average molecular weight is 385 g/mol. The lowest BCUT2D eigenvalue weighted by atomic mass is 9.90. The number of carbonyl (C=O) groups excluding carboxylic acids is 3. The van der Waals surface area contributed by atoms with Gasteiger partial charge in [-0.3, -0.25) is 14.4 Å². The van der Waals surface area contributed by atoms with Gasteiger partial charge in [0.15, 0.2) is 0 Å². The van der Waals surface area contributed by atoms with Crippen LogP contribution in [0.2, 0.25) is 0 Å². The van der Waals surface area contributed by atoms with Crippen LogP contribution in [0.3, 0.4) is 0 Å². The van der Waals surface area contributed by atoms with Crippen molar-refractivity contribution in [2.75, 3.05) is 20.3 Å². The maximum Gasteiger partial charge on any atom is 0.313 e. The first-order valence-corrected chi connectivity index (χ1v) is 10.1. The number of methoxy groups -OCH3 is 1. The van der Waals surface area contributed by atoms with Crippen molar-refractivity contribution in [1.82, 2.24) is 5.32 Å². The van der Waals surface area contributed by atoms with Crippen molar-refractivity contribution in [1.29, 1.82) is 0 Å². The number of hydrogen-bond donors (Lipinski definition) is 2. The summed E-state index contributed by atoms with van der Waals surface area (Å²) < 4.78 is 10.6. The van der Waals surface area contributed by atoms with Crippen molar-refractivity contribution in [3.05, 3.63) is 0 Å². The molecule has 7 nitrogen and oxygen atoms in total. The molecule has 0 saturated heterocycles. The molecule has 3 N–H and O–H groups in total. The minimum absolute atomic E-state index is 0.0497. The zero-order chi connectivity index (χ0) is 20.3. The molecule has 27 heavy (non-hydrogen) atoms. The molecule has 0 aromatic carbocycles. The van der Waals surface area contributed by atoms with Crippen molar-refractivity contribution < 1.29 is 23.9 Å². The minimum Gasteiger partial charge on any atom is -0.469 e. The summed E-state index contributed by atoms with van der Waals surface area (Å²) >= 11 is 0. The molecule has 2 rings (SSSR count). The maximum absolute atomic E-state index is 11.9. The van der Waals surface area contributed by atoms with Crippen molar-refractivity contribution in [3.63, 3.8) is 0 Å². The number of primary amides is 1. The lowest BCUT2D eigenvalue weighted by Gasteiger charge is -2.23. The Hall–Kier alpha value is -1.63. The second-order valence-corrected chi connectivity index (χ2v) is 7.72. The third-order valence-corrected chi connectivity index (χ3v) is 5.26. The van der Waals surface area contributed by atoms with Gasteiger partial charge in [-0.15, -0.1) is 0 Å². The van der Waals surface area contributed by atoms with E-state index >= 15 is 0 Å². The van der Waals surface area contributed by atoms with Gasteiger partial charge in [-0.2, -0.15) is 0 Å². The summed E-state index contributed by atoms with van der Waals surface area (Å²) in [7, 11) is 1.39. The minimum atomic E-state index is -0.462. The second kappa shape index (κ2) is 12.0. The highest BCUT2D eigenvalue weighted by atomic mass is 16.5. The molecule has 2 aliphatic carbocycles. The Morgan fingerprint density at radius 2 is 1.78 bits per heavy atom. The van der Waals surface area contributed by atoms with Gasteiger partial charge >= 0.3 is 5.97 Å². The van der Waals surface area contributed by atoms with Crippen molar-refractivity contribution in [3.8, 4) is 0 Å². The molecule has 1 atom stereocenters. The number of hydrogen-bond acceptors (Lipinski definition) is 5. The van der Waals surface area contributed by atoms with Crippen LogP contribution >= 0.6 is 0 Å². The van der Waals surface area contributed by atoms with Gasteiger partial charge in [0.1, 0.15) is 0 Å². The van der Waals surface area contributed by atoms with E-state index in [1.54, 1.807) is 6.92 Å². The summed E-state index contributed by atoms with van der Waals surface area (Å²) in [5.74, 6) is 0.152. The molecule has 2 fully saturated rings. The van der Waals surface area contributed by atoms with E-state index in [9.17, 15) is 14.4 Å². The molecule has 0 aliphatic heterocycles. The Kier molecular flexibility index (Phi) is 10.4. The molecule has 2 saturated carbocycles. The van der Waals surface area contributed by atoms with E-state index in [1.807, 2.05) is 6.92 Å². The van der Waals surface area contributed by atoms with Crippen LogP contribution in [0.1, 0.15) is 71.6 Å². The van der Waals surface area contributed by atoms with Gasteiger partial charge in [0.25, 0.3) is 0 Å². The largest absolute Gasteiger partial charge is 0.469 e. The van der Waals surface area contributed by atoms with E-state index in [1.165, 1.54) is 39.2 Å². The summed E-state index contributed by atoms with van der Waals surface area (Å²) in [5.41, 5.74) is 4.19. The summed E-state index contributed by atoms with van der Waals surface area (Å²) in [5, 5.41) is 2.85. The molecular formula is C20H36N2O5. The number of nitrogens with two attached hydrogens (primary N) is 1. The smallest absolute Gasteiger partial charge is 0.313 e. The molecule has 7 heteroatoms. The van der Waals surface area contributed by atoms with Crippen LogP contribution in [0, 0.1) is 11.3 Å². The average Bonchev–Trinajstić information content (AvgIpc) is 3.46. The van der Waals surface area contributed by atoms with Crippen molar-refractivity contribution in [2.45, 2.75) is 77.7 Å². The Bertz CT molecular complexity index is 485. The normalized spacial score (nSPS) is 19.2. The van der Waals surface area contributed by atoms with Crippen LogP contribution in [0.25, 0.3) is 0 Å². The Morgan fingerprint density at radius 3 is 2.26 bits per heavy atom. The van der Waals surface area contributed by atoms with Gasteiger partial charge in [0.05, 0.1) is 25.0 Å². The first-order chi connectivity index (χ1) is 12.8. The predicted molar refractivity (Wildman–Crippen MR) is 103 cm³/mol. The lowest BCUT2D eigenvalue weighted by Crippen LogP contribution is -2.36. The molecule has 2 amide bonds. The first kappa shape index (κ1) is 23.4. The second-order valence-electron chi connectivity index (χ2n) is 7.72. The molecular weight excluding hydrogens is 348 g/mol. The van der Waals surface area contributed by atoms with Gasteiger partial charge in [0.2, 0.25) is 11.8 Å². The molecule has 0 aromatic rings. The maximum atomic E-state index is 11.9. The fourth-order valence-electron chi connectivity index (χ4n) is 3.13. The van der Waals surface area contributed by atoms with Crippen LogP contribution in [0.15, 0.2) is 0 Å². The van der Waals surface area contributed by atoms with Gasteiger partial charge in [-0.05, 0) is 38.5 Å². The topological polar surface area (TPSA) is 108 Å². The molecule has 0 heterocycles. The third kappa shape index (κ3) is 9.22. The molecule has 0 spiro atoms. The van der Waals surface area contributed by atoms with Gasteiger partial charge in [0, 0.05) is 19.6 Å². The molecule has 156 valence electrons. The number of carbonyl (C=O) groups is 3. The Labute approximate surface area is 162 Å². The summed E-state index contributed by atoms with van der Waals surface area (Å²) in [6, 6.07) is 0. The molecule has 2 aliphatic rings. The Balaban J connectivity index is 0.000000646. The van der Waals surface area contributed by atoms with E-state index in [0.29, 0.717) is 25.3 Å². The SMILES string of the molecule is CCC(N)=O.COC(=O)C1(CNC(=O)CC(C)OCC2CCCCC2)CC1. The van der Waals surface area contributed by atoms with Crippen LogP contribution in [0.5, 0.6) is 0 Å². The first-order valence-electron chi connectivity index (χ1n) is 10.1. The van der Waals surface area contributed by atoms with Crippen molar-refractivity contribution in [2.24, 2.45) is 17.1 Å². The highest BCUT2D eigenvalue weighted by Gasteiger charge is 2.51. The highest BCUT2D eigenvalue weighted by molar-refractivity contribution is 5.82. The molecule has 1 unspecified atom stereocenters. The molecule has 0 radical (unpaired) electrons. The van der Waals surface area contributed by atoms with E-state index in [2.05, 4.69) is 11.1 Å². The number of amides is 2. The Morgan fingerprint density at radius 1 is 1.19 bits per heavy atom. The lowest BCUT2D eigenvalue weighted by molar-refractivity contribution is -0.147. The van der Waals surface area contributed by atoms with E-state index in [0.717, 1.165) is 19.4 Å². The predicted octanol–water partition coefficient (Wildman–Crippen LogP) is 2.31. The third-order valence-electron chi connectivity index (χ3n) is 5.26.